The van der Waals surface area contributed by atoms with E-state index in [1.54, 1.807) is 5.57 Å². The lowest BCUT2D eigenvalue weighted by atomic mass is 9.69. The minimum absolute atomic E-state index is 0.0169. The van der Waals surface area contributed by atoms with Crippen LogP contribution in [0.5, 0.6) is 0 Å². The molecule has 0 radical (unpaired) electrons. The molecule has 0 aromatic carbocycles. The van der Waals surface area contributed by atoms with Gasteiger partial charge in [-0.3, -0.25) is 0 Å². The normalized spacial score (nSPS) is 19.5. The third-order valence-electron chi connectivity index (χ3n) is 9.91. The molecule has 0 amide bonds. The van der Waals surface area contributed by atoms with Crippen LogP contribution in [-0.2, 0) is 4.84 Å². The summed E-state index contributed by atoms with van der Waals surface area (Å²) < 4.78 is 0. The maximum absolute atomic E-state index is 6.51. The number of hydrogen-bond acceptors (Lipinski definition) is 3. The van der Waals surface area contributed by atoms with Gasteiger partial charge in [-0.25, -0.2) is 5.48 Å². The highest BCUT2D eigenvalue weighted by molar-refractivity contribution is 5.25. The third-order valence-corrected chi connectivity index (χ3v) is 9.91. The van der Waals surface area contributed by atoms with Crippen molar-refractivity contribution in [3.8, 4) is 0 Å². The molecule has 0 aromatic rings. The van der Waals surface area contributed by atoms with E-state index in [1.165, 1.54) is 62.5 Å². The summed E-state index contributed by atoms with van der Waals surface area (Å²) in [6, 6.07) is 0. The van der Waals surface area contributed by atoms with Gasteiger partial charge in [0.05, 0.1) is 6.61 Å². The van der Waals surface area contributed by atoms with Gasteiger partial charge < -0.3 is 10.2 Å². The summed E-state index contributed by atoms with van der Waals surface area (Å²) in [7, 11) is 0. The molecule has 1 saturated heterocycles. The standard InChI is InChI=1S/C40H76N2O/c1-14-17-18-19-24-40(33(6)32(4)5,28-23-35(20-25-37(7,8)9)29-34(15-2)16-3)31-43-41-30-36-21-26-38(10,11)42-39(12,13)27-22-36/h20,29,32,36,41-42H,6,14-19,21-28,30-31H2,1-5,7-13H3/b35-20-. The Morgan fingerprint density at radius 2 is 1.56 bits per heavy atom. The van der Waals surface area contributed by atoms with Crippen molar-refractivity contribution in [1.82, 2.24) is 10.8 Å². The molecule has 252 valence electrons. The van der Waals surface area contributed by atoms with Gasteiger partial charge in [0.25, 0.3) is 0 Å². The maximum Gasteiger partial charge on any atom is 0.0775 e. The van der Waals surface area contributed by atoms with Crippen molar-refractivity contribution in [2.24, 2.45) is 22.7 Å². The Morgan fingerprint density at radius 1 is 0.953 bits per heavy atom. The minimum atomic E-state index is -0.0169. The summed E-state index contributed by atoms with van der Waals surface area (Å²) in [5, 5.41) is 3.88. The van der Waals surface area contributed by atoms with Crippen molar-refractivity contribution in [2.45, 2.75) is 184 Å². The van der Waals surface area contributed by atoms with E-state index in [2.05, 4.69) is 106 Å². The summed E-state index contributed by atoms with van der Waals surface area (Å²) in [5.74, 6) is 1.09. The zero-order chi connectivity index (χ0) is 32.7. The lowest BCUT2D eigenvalue weighted by Gasteiger charge is -2.41. The molecule has 1 fully saturated rings. The van der Waals surface area contributed by atoms with Crippen LogP contribution in [0.3, 0.4) is 0 Å². The van der Waals surface area contributed by atoms with E-state index >= 15 is 0 Å². The first-order valence-electron chi connectivity index (χ1n) is 18.2. The van der Waals surface area contributed by atoms with E-state index in [1.807, 2.05) is 0 Å². The van der Waals surface area contributed by atoms with Gasteiger partial charge in [-0.05, 0) is 109 Å². The van der Waals surface area contributed by atoms with Gasteiger partial charge in [0.2, 0.25) is 0 Å². The maximum atomic E-state index is 6.51. The van der Waals surface area contributed by atoms with Crippen LogP contribution in [0.15, 0.2) is 35.5 Å². The molecule has 0 saturated carbocycles. The van der Waals surface area contributed by atoms with Crippen molar-refractivity contribution in [2.75, 3.05) is 13.2 Å². The van der Waals surface area contributed by atoms with Crippen molar-refractivity contribution in [3.05, 3.63) is 35.5 Å². The molecule has 0 bridgehead atoms. The van der Waals surface area contributed by atoms with Gasteiger partial charge in [-0.2, -0.15) is 0 Å². The Bertz CT molecular complexity index is 832. The number of unbranched alkanes of at least 4 members (excludes halogenated alkanes) is 3. The highest BCUT2D eigenvalue weighted by Crippen LogP contribution is 2.43. The van der Waals surface area contributed by atoms with E-state index in [0.29, 0.717) is 23.9 Å². The van der Waals surface area contributed by atoms with Crippen molar-refractivity contribution in [3.63, 3.8) is 0 Å². The Balaban J connectivity index is 3.15. The lowest BCUT2D eigenvalue weighted by Crippen LogP contribution is -2.53. The average molecular weight is 601 g/mol. The van der Waals surface area contributed by atoms with Gasteiger partial charge in [-0.15, -0.1) is 0 Å². The van der Waals surface area contributed by atoms with Gasteiger partial charge in [-0.1, -0.05) is 117 Å². The first-order chi connectivity index (χ1) is 20.0. The summed E-state index contributed by atoms with van der Waals surface area (Å²) in [5.41, 5.74) is 8.56. The first-order valence-corrected chi connectivity index (χ1v) is 18.2. The van der Waals surface area contributed by atoms with Gasteiger partial charge in [0.15, 0.2) is 0 Å². The highest BCUT2D eigenvalue weighted by Gasteiger charge is 2.35. The summed E-state index contributed by atoms with van der Waals surface area (Å²) >= 11 is 0. The summed E-state index contributed by atoms with van der Waals surface area (Å²) in [4.78, 5) is 6.51. The zero-order valence-electron chi connectivity index (χ0n) is 31.2. The van der Waals surface area contributed by atoms with Gasteiger partial charge >= 0.3 is 0 Å². The van der Waals surface area contributed by atoms with E-state index in [0.717, 1.165) is 45.1 Å². The molecule has 1 aliphatic rings. The topological polar surface area (TPSA) is 33.3 Å². The molecule has 43 heavy (non-hydrogen) atoms. The van der Waals surface area contributed by atoms with Crippen LogP contribution in [0.1, 0.15) is 173 Å². The van der Waals surface area contributed by atoms with Gasteiger partial charge in [0.1, 0.15) is 0 Å². The second kappa shape index (κ2) is 18.9. The quantitative estimate of drug-likeness (QED) is 0.0669. The molecule has 1 rings (SSSR count). The van der Waals surface area contributed by atoms with Crippen LogP contribution in [-0.4, -0.2) is 24.2 Å². The Kier molecular flexibility index (Phi) is 17.7. The molecule has 1 heterocycles. The van der Waals surface area contributed by atoms with Crippen LogP contribution >= 0.6 is 0 Å². The molecular weight excluding hydrogens is 524 g/mol. The predicted octanol–water partition coefficient (Wildman–Crippen LogP) is 11.9. The minimum Gasteiger partial charge on any atom is -0.307 e. The Labute approximate surface area is 270 Å². The largest absolute Gasteiger partial charge is 0.307 e. The van der Waals surface area contributed by atoms with E-state index in [9.17, 15) is 0 Å². The number of allylic oxidation sites excluding steroid dienone is 4. The molecule has 3 nitrogen and oxygen atoms in total. The van der Waals surface area contributed by atoms with Crippen LogP contribution in [0.2, 0.25) is 0 Å². The Hall–Kier alpha value is -0.900. The number of hydroxylamine groups is 1. The fourth-order valence-electron chi connectivity index (χ4n) is 6.84. The molecule has 1 atom stereocenters. The fourth-order valence-corrected chi connectivity index (χ4v) is 6.84. The second-order valence-corrected chi connectivity index (χ2v) is 16.8. The zero-order valence-corrected chi connectivity index (χ0v) is 31.2. The van der Waals surface area contributed by atoms with Crippen LogP contribution in [0, 0.1) is 22.7 Å². The molecule has 1 unspecified atom stereocenters. The molecule has 0 aromatic heterocycles. The summed E-state index contributed by atoms with van der Waals surface area (Å²) in [6.07, 6.45) is 21.7. The van der Waals surface area contributed by atoms with Crippen LogP contribution in [0.4, 0.5) is 0 Å². The van der Waals surface area contributed by atoms with Crippen molar-refractivity contribution >= 4 is 0 Å². The predicted molar refractivity (Wildman–Crippen MR) is 192 cm³/mol. The monoisotopic (exact) mass is 601 g/mol. The summed E-state index contributed by atoms with van der Waals surface area (Å²) in [6.45, 7) is 34.4. The molecular formula is C40H76N2O. The van der Waals surface area contributed by atoms with Gasteiger partial charge in [0, 0.05) is 23.0 Å². The average Bonchev–Trinajstić information content (AvgIpc) is 2.91. The van der Waals surface area contributed by atoms with Crippen LogP contribution < -0.4 is 10.8 Å². The SMILES string of the molecule is C=C(C(C)C)C(CCCCCC)(CC/C(C=C(CC)CC)=C/CC(C)(C)C)CONCC1CCC(C)(C)NC(C)(C)CC1. The second-order valence-electron chi connectivity index (χ2n) is 16.8. The molecule has 2 N–H and O–H groups in total. The van der Waals surface area contributed by atoms with Crippen molar-refractivity contribution < 1.29 is 4.84 Å². The lowest BCUT2D eigenvalue weighted by molar-refractivity contribution is -0.0252. The number of hydrogen-bond donors (Lipinski definition) is 2. The fraction of sp³-hybridized carbons (Fsp3) is 0.850. The molecule has 0 spiro atoms. The smallest absolute Gasteiger partial charge is 0.0775 e. The third kappa shape index (κ3) is 16.3. The Morgan fingerprint density at radius 3 is 2.07 bits per heavy atom. The first kappa shape index (κ1) is 40.1. The van der Waals surface area contributed by atoms with E-state index in [-0.39, 0.29) is 16.5 Å². The van der Waals surface area contributed by atoms with E-state index in [4.69, 9.17) is 11.4 Å². The number of rotatable bonds is 19. The van der Waals surface area contributed by atoms with E-state index < -0.39 is 0 Å². The molecule has 1 aliphatic heterocycles. The number of nitrogens with one attached hydrogen (secondary N) is 2. The molecule has 3 heteroatoms. The highest BCUT2D eigenvalue weighted by atomic mass is 16.6. The van der Waals surface area contributed by atoms with Crippen LogP contribution in [0.25, 0.3) is 0 Å². The molecule has 0 aliphatic carbocycles. The van der Waals surface area contributed by atoms with Crippen molar-refractivity contribution in [1.29, 1.82) is 0 Å².